The van der Waals surface area contributed by atoms with Crippen LogP contribution in [0.3, 0.4) is 0 Å². The molecule has 0 aliphatic carbocycles. The van der Waals surface area contributed by atoms with Crippen molar-refractivity contribution < 1.29 is 14.3 Å². The summed E-state index contributed by atoms with van der Waals surface area (Å²) in [5.41, 5.74) is 1.78. The van der Waals surface area contributed by atoms with Crippen molar-refractivity contribution in [3.05, 3.63) is 90.8 Å². The third-order valence-corrected chi connectivity index (χ3v) is 6.33. The first-order valence-corrected chi connectivity index (χ1v) is 12.4. The van der Waals surface area contributed by atoms with Crippen LogP contribution in [-0.4, -0.2) is 40.1 Å². The monoisotopic (exact) mass is 488 g/mol. The average Bonchev–Trinajstić information content (AvgIpc) is 3.33. The molecule has 0 radical (unpaired) electrons. The van der Waals surface area contributed by atoms with Gasteiger partial charge in [-0.25, -0.2) is 0 Å². The molecular formula is C27H28N4O3S. The van der Waals surface area contributed by atoms with E-state index in [4.69, 9.17) is 9.47 Å². The number of thioether (sulfide) groups is 1. The molecule has 1 unspecified atom stereocenters. The predicted octanol–water partition coefficient (Wildman–Crippen LogP) is 5.56. The second-order valence-electron chi connectivity index (χ2n) is 7.68. The minimum Gasteiger partial charge on any atom is -0.493 e. The van der Waals surface area contributed by atoms with Gasteiger partial charge in [0, 0.05) is 17.9 Å². The summed E-state index contributed by atoms with van der Waals surface area (Å²) in [6.45, 7) is 4.48. The van der Waals surface area contributed by atoms with Gasteiger partial charge in [-0.2, -0.15) is 0 Å². The summed E-state index contributed by atoms with van der Waals surface area (Å²) >= 11 is 1.36. The summed E-state index contributed by atoms with van der Waals surface area (Å²) in [5.74, 6) is 2.13. The number of para-hydroxylation sites is 4. The van der Waals surface area contributed by atoms with E-state index in [1.807, 2.05) is 103 Å². The minimum absolute atomic E-state index is 0.00572. The van der Waals surface area contributed by atoms with Crippen LogP contribution >= 0.6 is 11.8 Å². The van der Waals surface area contributed by atoms with Crippen molar-refractivity contribution in [3.63, 3.8) is 0 Å². The van der Waals surface area contributed by atoms with Crippen molar-refractivity contribution in [2.45, 2.75) is 25.1 Å². The number of methoxy groups -OCH3 is 1. The number of hydrogen-bond acceptors (Lipinski definition) is 6. The number of ether oxygens (including phenoxy) is 2. The highest BCUT2D eigenvalue weighted by atomic mass is 32.2. The quantitative estimate of drug-likeness (QED) is 0.272. The molecule has 1 heterocycles. The Hall–Kier alpha value is -3.78. The van der Waals surface area contributed by atoms with Crippen LogP contribution in [0.5, 0.6) is 11.5 Å². The lowest BCUT2D eigenvalue weighted by molar-refractivity contribution is -0.116. The lowest BCUT2D eigenvalue weighted by Crippen LogP contribution is -2.32. The van der Waals surface area contributed by atoms with Crippen LogP contribution in [0.2, 0.25) is 0 Å². The Bertz CT molecular complexity index is 1250. The zero-order valence-electron chi connectivity index (χ0n) is 20.0. The van der Waals surface area contributed by atoms with Crippen LogP contribution in [0.4, 0.5) is 5.69 Å². The highest BCUT2D eigenvalue weighted by Gasteiger charge is 2.23. The first kappa shape index (κ1) is 24.3. The first-order chi connectivity index (χ1) is 17.1. The third kappa shape index (κ3) is 5.66. The van der Waals surface area contributed by atoms with Crippen molar-refractivity contribution in [3.8, 4) is 17.2 Å². The van der Waals surface area contributed by atoms with Gasteiger partial charge in [-0.3, -0.25) is 9.36 Å². The summed E-state index contributed by atoms with van der Waals surface area (Å²) in [6.07, 6.45) is -0.416. The molecule has 0 spiro atoms. The van der Waals surface area contributed by atoms with Gasteiger partial charge < -0.3 is 14.4 Å². The molecule has 4 aromatic rings. The molecule has 4 rings (SSSR count). The van der Waals surface area contributed by atoms with Crippen LogP contribution in [0.25, 0.3) is 5.69 Å². The molecule has 1 atom stereocenters. The van der Waals surface area contributed by atoms with Gasteiger partial charge in [0.15, 0.2) is 28.6 Å². The van der Waals surface area contributed by atoms with Crippen molar-refractivity contribution in [1.82, 2.24) is 14.8 Å². The maximum Gasteiger partial charge on any atom is 0.237 e. The molecule has 0 aliphatic rings. The van der Waals surface area contributed by atoms with Crippen LogP contribution < -0.4 is 14.4 Å². The van der Waals surface area contributed by atoms with Crippen LogP contribution in [0, 0.1) is 0 Å². The predicted molar refractivity (Wildman–Crippen MR) is 139 cm³/mol. The van der Waals surface area contributed by atoms with Gasteiger partial charge in [-0.15, -0.1) is 10.2 Å². The fourth-order valence-corrected chi connectivity index (χ4v) is 4.57. The van der Waals surface area contributed by atoms with E-state index in [2.05, 4.69) is 10.2 Å². The van der Waals surface area contributed by atoms with Gasteiger partial charge in [0.05, 0.1) is 12.9 Å². The largest absolute Gasteiger partial charge is 0.493 e. The van der Waals surface area contributed by atoms with E-state index in [-0.39, 0.29) is 11.7 Å². The smallest absolute Gasteiger partial charge is 0.237 e. The summed E-state index contributed by atoms with van der Waals surface area (Å²) in [6, 6.07) is 27.0. The van der Waals surface area contributed by atoms with Gasteiger partial charge in [-0.05, 0) is 50.2 Å². The molecular weight excluding hydrogens is 460 g/mol. The highest BCUT2D eigenvalue weighted by Crippen LogP contribution is 2.32. The molecule has 0 bridgehead atoms. The standard InChI is InChI=1S/C27H28N4O3S/c1-4-30(21-13-7-5-8-14-21)25(32)19-35-27-29-28-26(31(27)22-15-9-6-10-16-22)20(2)34-24-18-12-11-17-23(24)33-3/h5-18,20H,4,19H2,1-3H3. The number of aromatic nitrogens is 3. The molecule has 180 valence electrons. The molecule has 7 nitrogen and oxygen atoms in total. The third-order valence-electron chi connectivity index (χ3n) is 5.42. The Labute approximate surface area is 209 Å². The number of hydrogen-bond donors (Lipinski definition) is 0. The van der Waals surface area contributed by atoms with E-state index < -0.39 is 6.10 Å². The number of nitrogens with zero attached hydrogens (tertiary/aromatic N) is 4. The van der Waals surface area contributed by atoms with E-state index in [1.165, 1.54) is 11.8 Å². The van der Waals surface area contributed by atoms with E-state index in [0.29, 0.717) is 29.0 Å². The maximum atomic E-state index is 13.1. The number of anilines is 1. The highest BCUT2D eigenvalue weighted by molar-refractivity contribution is 7.99. The summed E-state index contributed by atoms with van der Waals surface area (Å²) in [5, 5.41) is 9.49. The number of carbonyl (C=O) groups is 1. The number of amides is 1. The van der Waals surface area contributed by atoms with Gasteiger partial charge in [0.1, 0.15) is 0 Å². The van der Waals surface area contributed by atoms with Crippen LogP contribution in [0.15, 0.2) is 90.1 Å². The second-order valence-corrected chi connectivity index (χ2v) is 8.63. The van der Waals surface area contributed by atoms with Crippen LogP contribution in [0.1, 0.15) is 25.8 Å². The van der Waals surface area contributed by atoms with Crippen molar-refractivity contribution in [2.24, 2.45) is 0 Å². The average molecular weight is 489 g/mol. The van der Waals surface area contributed by atoms with Gasteiger partial charge >= 0.3 is 0 Å². The van der Waals surface area contributed by atoms with E-state index in [0.717, 1.165) is 11.4 Å². The maximum absolute atomic E-state index is 13.1. The Morgan fingerprint density at radius 3 is 2.23 bits per heavy atom. The molecule has 0 N–H and O–H groups in total. The number of rotatable bonds is 10. The van der Waals surface area contributed by atoms with Crippen molar-refractivity contribution in [1.29, 1.82) is 0 Å². The van der Waals surface area contributed by atoms with Crippen molar-refractivity contribution in [2.75, 3.05) is 24.3 Å². The molecule has 8 heteroatoms. The van der Waals surface area contributed by atoms with Gasteiger partial charge in [0.25, 0.3) is 0 Å². The van der Waals surface area contributed by atoms with E-state index in [9.17, 15) is 4.79 Å². The Morgan fingerprint density at radius 2 is 1.57 bits per heavy atom. The van der Waals surface area contributed by atoms with E-state index in [1.54, 1.807) is 12.0 Å². The van der Waals surface area contributed by atoms with E-state index >= 15 is 0 Å². The summed E-state index contributed by atoms with van der Waals surface area (Å²) in [4.78, 5) is 14.8. The molecule has 0 fully saturated rings. The van der Waals surface area contributed by atoms with Crippen molar-refractivity contribution >= 4 is 23.4 Å². The Balaban J connectivity index is 1.59. The molecule has 1 aromatic heterocycles. The zero-order valence-corrected chi connectivity index (χ0v) is 20.8. The summed E-state index contributed by atoms with van der Waals surface area (Å²) < 4.78 is 13.6. The normalized spacial score (nSPS) is 11.6. The molecule has 35 heavy (non-hydrogen) atoms. The lowest BCUT2D eigenvalue weighted by atomic mass is 10.3. The minimum atomic E-state index is -0.416. The fraction of sp³-hybridized carbons (Fsp3) is 0.222. The topological polar surface area (TPSA) is 69.5 Å². The number of benzene rings is 3. The first-order valence-electron chi connectivity index (χ1n) is 11.4. The molecule has 0 aliphatic heterocycles. The Morgan fingerprint density at radius 1 is 0.943 bits per heavy atom. The Kier molecular flexibility index (Phi) is 8.05. The molecule has 1 amide bonds. The fourth-order valence-electron chi connectivity index (χ4n) is 3.73. The SMILES string of the molecule is CCN(C(=O)CSc1nnc(C(C)Oc2ccccc2OC)n1-c1ccccc1)c1ccccc1. The van der Waals surface area contributed by atoms with Gasteiger partial charge in [0.2, 0.25) is 5.91 Å². The molecule has 0 saturated carbocycles. The number of carbonyl (C=O) groups excluding carboxylic acids is 1. The lowest BCUT2D eigenvalue weighted by Gasteiger charge is -2.21. The summed E-state index contributed by atoms with van der Waals surface area (Å²) in [7, 11) is 1.61. The van der Waals surface area contributed by atoms with Crippen LogP contribution in [-0.2, 0) is 4.79 Å². The van der Waals surface area contributed by atoms with Gasteiger partial charge in [-0.1, -0.05) is 60.3 Å². The molecule has 0 saturated heterocycles. The second kappa shape index (κ2) is 11.6. The molecule has 3 aromatic carbocycles. The zero-order chi connectivity index (χ0) is 24.6.